The van der Waals surface area contributed by atoms with Gasteiger partial charge in [-0.3, -0.25) is 0 Å². The number of alkyl halides is 3. The van der Waals surface area contributed by atoms with Crippen molar-refractivity contribution in [3.05, 3.63) is 24.0 Å². The van der Waals surface area contributed by atoms with Crippen LogP contribution in [0.25, 0.3) is 11.1 Å². The summed E-state index contributed by atoms with van der Waals surface area (Å²) in [5.41, 5.74) is 1.43. The second-order valence-corrected chi connectivity index (χ2v) is 7.32. The number of nitrogens with one attached hydrogen (secondary N) is 2. The maximum atomic E-state index is 12.6. The first-order valence-electron chi connectivity index (χ1n) is 9.56. The second kappa shape index (κ2) is 9.20. The normalized spacial score (nSPS) is 23.6. The minimum Gasteiger partial charge on any atom is -0.481 e. The van der Waals surface area contributed by atoms with Gasteiger partial charge in [0.1, 0.15) is 18.5 Å². The summed E-state index contributed by atoms with van der Waals surface area (Å²) in [5, 5.41) is 35.0. The van der Waals surface area contributed by atoms with Crippen molar-refractivity contribution in [1.82, 2.24) is 15.0 Å². The van der Waals surface area contributed by atoms with Gasteiger partial charge in [0.15, 0.2) is 0 Å². The molecular formula is C19H24F3N5O4. The van der Waals surface area contributed by atoms with E-state index in [2.05, 4.69) is 25.6 Å². The van der Waals surface area contributed by atoms with Gasteiger partial charge in [-0.2, -0.15) is 18.2 Å². The quantitative estimate of drug-likeness (QED) is 0.430. The molecule has 1 aliphatic carbocycles. The van der Waals surface area contributed by atoms with E-state index in [1.165, 1.54) is 13.3 Å². The van der Waals surface area contributed by atoms with Gasteiger partial charge in [-0.1, -0.05) is 0 Å². The SMILES string of the molecule is COc1ccc(-c2c(C)nc(NCC(F)(F)F)nc2N[C@@H]2C[C@H](CO)[C@@H](O)[C@H]2O)cn1. The van der Waals surface area contributed by atoms with Crippen molar-refractivity contribution >= 4 is 11.8 Å². The van der Waals surface area contributed by atoms with E-state index in [9.17, 15) is 28.5 Å². The van der Waals surface area contributed by atoms with Gasteiger partial charge < -0.3 is 30.7 Å². The molecule has 1 saturated carbocycles. The Kier molecular flexibility index (Phi) is 6.82. The molecule has 3 rings (SSSR count). The molecule has 2 heterocycles. The number of aliphatic hydroxyl groups is 3. The van der Waals surface area contributed by atoms with E-state index in [1.807, 2.05) is 0 Å². The fourth-order valence-electron chi connectivity index (χ4n) is 3.55. The number of hydrogen-bond donors (Lipinski definition) is 5. The van der Waals surface area contributed by atoms with Crippen LogP contribution in [0.3, 0.4) is 0 Å². The topological polar surface area (TPSA) is 133 Å². The zero-order valence-electron chi connectivity index (χ0n) is 16.9. The van der Waals surface area contributed by atoms with Gasteiger partial charge in [0, 0.05) is 35.9 Å². The maximum absolute atomic E-state index is 12.6. The molecule has 0 radical (unpaired) electrons. The molecule has 0 unspecified atom stereocenters. The largest absolute Gasteiger partial charge is 0.481 e. The Morgan fingerprint density at radius 3 is 2.48 bits per heavy atom. The molecule has 5 N–H and O–H groups in total. The first kappa shape index (κ1) is 23.0. The Morgan fingerprint density at radius 1 is 1.19 bits per heavy atom. The number of methoxy groups -OCH3 is 1. The Labute approximate surface area is 176 Å². The second-order valence-electron chi connectivity index (χ2n) is 7.32. The molecule has 0 aromatic carbocycles. The smallest absolute Gasteiger partial charge is 0.405 e. The third kappa shape index (κ3) is 5.32. The molecule has 0 spiro atoms. The van der Waals surface area contributed by atoms with E-state index in [-0.39, 0.29) is 24.8 Å². The van der Waals surface area contributed by atoms with E-state index in [0.29, 0.717) is 22.7 Å². The Balaban J connectivity index is 1.98. The Morgan fingerprint density at radius 2 is 1.94 bits per heavy atom. The number of rotatable bonds is 7. The first-order chi connectivity index (χ1) is 14.6. The fraction of sp³-hybridized carbons (Fsp3) is 0.526. The van der Waals surface area contributed by atoms with Crippen LogP contribution in [0.4, 0.5) is 24.9 Å². The van der Waals surface area contributed by atoms with Gasteiger partial charge in [-0.05, 0) is 19.4 Å². The highest BCUT2D eigenvalue weighted by Gasteiger charge is 2.41. The highest BCUT2D eigenvalue weighted by molar-refractivity contribution is 5.78. The van der Waals surface area contributed by atoms with Gasteiger partial charge >= 0.3 is 6.18 Å². The van der Waals surface area contributed by atoms with Gasteiger partial charge in [0.2, 0.25) is 11.8 Å². The van der Waals surface area contributed by atoms with Crippen LogP contribution in [-0.4, -0.2) is 75.0 Å². The van der Waals surface area contributed by atoms with Gasteiger partial charge in [-0.25, -0.2) is 9.97 Å². The average Bonchev–Trinajstić information content (AvgIpc) is 2.99. The number of aromatic nitrogens is 3. The van der Waals surface area contributed by atoms with Crippen molar-refractivity contribution in [3.8, 4) is 17.0 Å². The van der Waals surface area contributed by atoms with Crippen LogP contribution in [-0.2, 0) is 0 Å². The summed E-state index contributed by atoms with van der Waals surface area (Å²) in [7, 11) is 1.47. The van der Waals surface area contributed by atoms with Crippen LogP contribution in [0, 0.1) is 12.8 Å². The fourth-order valence-corrected chi connectivity index (χ4v) is 3.55. The molecule has 2 aromatic heterocycles. The van der Waals surface area contributed by atoms with E-state index >= 15 is 0 Å². The van der Waals surface area contributed by atoms with Crippen LogP contribution in [0.2, 0.25) is 0 Å². The van der Waals surface area contributed by atoms with Crippen LogP contribution < -0.4 is 15.4 Å². The van der Waals surface area contributed by atoms with Crippen molar-refractivity contribution in [2.75, 3.05) is 30.9 Å². The monoisotopic (exact) mass is 443 g/mol. The van der Waals surface area contributed by atoms with Crippen LogP contribution in [0.15, 0.2) is 18.3 Å². The van der Waals surface area contributed by atoms with Gasteiger partial charge in [-0.15, -0.1) is 0 Å². The number of aliphatic hydroxyl groups excluding tert-OH is 3. The van der Waals surface area contributed by atoms with Crippen molar-refractivity contribution in [2.45, 2.75) is 37.8 Å². The molecule has 9 nitrogen and oxygen atoms in total. The minimum atomic E-state index is -4.45. The standard InChI is InChI=1S/C19H24F3N5O4/c1-9-14(10-3-4-13(31-2)23-6-10)17(27-18(25-9)24-8-19(20,21)22)26-12-5-11(7-28)15(29)16(12)30/h3-4,6,11-12,15-16,28-30H,5,7-8H2,1-2H3,(H2,24,25,26,27)/t11-,12-,15-,16+/m1/s1. The predicted molar refractivity (Wildman–Crippen MR) is 106 cm³/mol. The van der Waals surface area contributed by atoms with Crippen molar-refractivity contribution < 1.29 is 33.2 Å². The average molecular weight is 443 g/mol. The van der Waals surface area contributed by atoms with E-state index in [1.54, 1.807) is 19.1 Å². The number of anilines is 2. The third-order valence-corrected chi connectivity index (χ3v) is 5.13. The number of halogens is 3. The van der Waals surface area contributed by atoms with Crippen LogP contribution in [0.1, 0.15) is 12.1 Å². The molecule has 0 aliphatic heterocycles. The lowest BCUT2D eigenvalue weighted by atomic mass is 10.1. The van der Waals surface area contributed by atoms with E-state index in [4.69, 9.17) is 4.74 Å². The minimum absolute atomic E-state index is 0.166. The highest BCUT2D eigenvalue weighted by Crippen LogP contribution is 2.34. The Bertz CT molecular complexity index is 897. The summed E-state index contributed by atoms with van der Waals surface area (Å²) in [5.74, 6) is -0.238. The molecule has 2 aromatic rings. The number of hydrogen-bond acceptors (Lipinski definition) is 9. The van der Waals surface area contributed by atoms with Crippen LogP contribution >= 0.6 is 0 Å². The molecule has 12 heteroatoms. The van der Waals surface area contributed by atoms with Gasteiger partial charge in [0.05, 0.1) is 24.9 Å². The lowest BCUT2D eigenvalue weighted by Crippen LogP contribution is -2.36. The van der Waals surface area contributed by atoms with E-state index in [0.717, 1.165) is 0 Å². The summed E-state index contributed by atoms with van der Waals surface area (Å²) in [6.07, 6.45) is -5.04. The number of ether oxygens (including phenoxy) is 1. The molecule has 170 valence electrons. The molecule has 0 saturated heterocycles. The zero-order valence-corrected chi connectivity index (χ0v) is 16.9. The molecule has 31 heavy (non-hydrogen) atoms. The van der Waals surface area contributed by atoms with Crippen molar-refractivity contribution in [2.24, 2.45) is 5.92 Å². The number of pyridine rings is 1. The number of nitrogens with zero attached hydrogens (tertiary/aromatic N) is 3. The van der Waals surface area contributed by atoms with E-state index < -0.39 is 36.9 Å². The molecule has 1 aliphatic rings. The summed E-state index contributed by atoms with van der Waals surface area (Å²) >= 11 is 0. The summed E-state index contributed by atoms with van der Waals surface area (Å²) < 4.78 is 42.9. The molecule has 0 amide bonds. The lowest BCUT2D eigenvalue weighted by molar-refractivity contribution is -0.115. The third-order valence-electron chi connectivity index (χ3n) is 5.13. The molecule has 0 bridgehead atoms. The lowest BCUT2D eigenvalue weighted by Gasteiger charge is -2.22. The Hall–Kier alpha value is -2.70. The van der Waals surface area contributed by atoms with Gasteiger partial charge in [0.25, 0.3) is 0 Å². The maximum Gasteiger partial charge on any atom is 0.405 e. The first-order valence-corrected chi connectivity index (χ1v) is 9.56. The summed E-state index contributed by atoms with van der Waals surface area (Å²) in [6, 6.07) is 2.63. The molecular weight excluding hydrogens is 419 g/mol. The highest BCUT2D eigenvalue weighted by atomic mass is 19.4. The summed E-state index contributed by atoms with van der Waals surface area (Å²) in [6.45, 7) is -0.0127. The number of aryl methyl sites for hydroxylation is 1. The molecule has 4 atom stereocenters. The zero-order chi connectivity index (χ0) is 22.8. The molecule has 1 fully saturated rings. The predicted octanol–water partition coefficient (Wildman–Crippen LogP) is 1.34. The van der Waals surface area contributed by atoms with Crippen LogP contribution in [0.5, 0.6) is 5.88 Å². The van der Waals surface area contributed by atoms with Crippen molar-refractivity contribution in [3.63, 3.8) is 0 Å². The summed E-state index contributed by atoms with van der Waals surface area (Å²) in [4.78, 5) is 12.4. The van der Waals surface area contributed by atoms with Crippen molar-refractivity contribution in [1.29, 1.82) is 0 Å².